The number of alkyl halides is 5. The lowest BCUT2D eigenvalue weighted by atomic mass is 9.98. The normalized spacial score (nSPS) is 21.6. The van der Waals surface area contributed by atoms with Crippen molar-refractivity contribution >= 4 is 9.84 Å². The molecule has 0 aliphatic heterocycles. The molecule has 1 aliphatic carbocycles. The molecule has 24 heavy (non-hydrogen) atoms. The van der Waals surface area contributed by atoms with Crippen LogP contribution in [0.1, 0.15) is 22.8 Å². The average molecular weight is 376 g/mol. The summed E-state index contributed by atoms with van der Waals surface area (Å²) >= 11 is 0. The predicted octanol–water partition coefficient (Wildman–Crippen LogP) is 1.10. The highest BCUT2D eigenvalue weighted by Gasteiger charge is 2.54. The summed E-state index contributed by atoms with van der Waals surface area (Å²) in [4.78, 5) is -1.43. The van der Waals surface area contributed by atoms with Crippen LogP contribution in [0.2, 0.25) is 0 Å². The zero-order valence-electron chi connectivity index (χ0n) is 11.9. The van der Waals surface area contributed by atoms with Gasteiger partial charge in [-0.25, -0.2) is 17.2 Å². The van der Waals surface area contributed by atoms with E-state index in [0.717, 1.165) is 6.07 Å². The van der Waals surface area contributed by atoms with E-state index < -0.39 is 62.5 Å². The quantitative estimate of drug-likeness (QED) is 0.684. The van der Waals surface area contributed by atoms with Crippen molar-refractivity contribution in [2.75, 3.05) is 6.61 Å². The summed E-state index contributed by atoms with van der Waals surface area (Å²) in [7, 11) is -5.94. The minimum Gasteiger partial charge on any atom is -0.394 e. The summed E-state index contributed by atoms with van der Waals surface area (Å²) < 4.78 is 88.9. The van der Waals surface area contributed by atoms with Crippen LogP contribution in [0.15, 0.2) is 17.0 Å². The molecular formula is C13H13F5O5S. The molecule has 0 saturated carbocycles. The van der Waals surface area contributed by atoms with E-state index in [1.165, 1.54) is 0 Å². The van der Waals surface area contributed by atoms with Crippen molar-refractivity contribution < 1.29 is 45.7 Å². The van der Waals surface area contributed by atoms with E-state index in [1.54, 1.807) is 0 Å². The fourth-order valence-corrected chi connectivity index (χ4v) is 3.63. The minimum atomic E-state index is -5.94. The number of benzene rings is 1. The van der Waals surface area contributed by atoms with Crippen LogP contribution in [0, 0.1) is 0 Å². The molecule has 1 aliphatic rings. The molecule has 1 aromatic carbocycles. The van der Waals surface area contributed by atoms with Crippen molar-refractivity contribution in [3.63, 3.8) is 0 Å². The second kappa shape index (κ2) is 5.90. The van der Waals surface area contributed by atoms with Crippen LogP contribution in [-0.4, -0.2) is 47.9 Å². The third-order valence-electron chi connectivity index (χ3n) is 3.76. The van der Waals surface area contributed by atoms with Crippen LogP contribution in [0.3, 0.4) is 0 Å². The molecule has 0 amide bonds. The van der Waals surface area contributed by atoms with Crippen LogP contribution in [0.4, 0.5) is 22.0 Å². The number of rotatable bonds is 4. The number of hydrogen-bond acceptors (Lipinski definition) is 5. The van der Waals surface area contributed by atoms with Gasteiger partial charge in [-0.2, -0.15) is 13.2 Å². The molecule has 0 spiro atoms. The van der Waals surface area contributed by atoms with Crippen molar-refractivity contribution in [3.8, 4) is 0 Å². The molecule has 0 aromatic heterocycles. The van der Waals surface area contributed by atoms with Gasteiger partial charge in [0.15, 0.2) is 0 Å². The zero-order valence-corrected chi connectivity index (χ0v) is 12.7. The summed E-state index contributed by atoms with van der Waals surface area (Å²) in [5, 5.41) is 27.8. The molecule has 0 bridgehead atoms. The van der Waals surface area contributed by atoms with Gasteiger partial charge in [0.25, 0.3) is 15.8 Å². The Labute approximate surface area is 133 Å². The summed E-state index contributed by atoms with van der Waals surface area (Å²) in [6.45, 7) is -0.726. The van der Waals surface area contributed by atoms with Crippen LogP contribution in [-0.2, 0) is 22.7 Å². The van der Waals surface area contributed by atoms with Crippen LogP contribution >= 0.6 is 0 Å². The Morgan fingerprint density at radius 3 is 2.38 bits per heavy atom. The van der Waals surface area contributed by atoms with E-state index in [0.29, 0.717) is 6.07 Å². The van der Waals surface area contributed by atoms with Gasteiger partial charge in [0.05, 0.1) is 17.6 Å². The fraction of sp³-hybridized carbons (Fsp3) is 0.538. The van der Waals surface area contributed by atoms with Gasteiger partial charge in [0, 0.05) is 18.4 Å². The standard InChI is InChI=1S/C13H13F5O5S/c14-12(15)4-8-6(3-7(20)5-19)1-2-9(10(8)11(12)21)24(22,23)13(16,17)18/h1-2,7,11,19-21H,3-5H2. The van der Waals surface area contributed by atoms with Crippen molar-refractivity contribution in [2.45, 2.75) is 41.4 Å². The fourth-order valence-electron chi connectivity index (χ4n) is 2.61. The lowest BCUT2D eigenvalue weighted by Gasteiger charge is -2.18. The van der Waals surface area contributed by atoms with E-state index in [4.69, 9.17) is 5.11 Å². The van der Waals surface area contributed by atoms with Crippen LogP contribution < -0.4 is 0 Å². The van der Waals surface area contributed by atoms with Gasteiger partial charge in [-0.05, 0) is 17.2 Å². The highest BCUT2D eigenvalue weighted by molar-refractivity contribution is 7.92. The Kier molecular flexibility index (Phi) is 4.68. The molecule has 0 saturated heterocycles. The van der Waals surface area contributed by atoms with Crippen molar-refractivity contribution in [3.05, 3.63) is 28.8 Å². The van der Waals surface area contributed by atoms with Crippen LogP contribution in [0.5, 0.6) is 0 Å². The molecule has 11 heteroatoms. The number of aliphatic hydroxyl groups excluding tert-OH is 3. The highest BCUT2D eigenvalue weighted by atomic mass is 32.2. The Bertz CT molecular complexity index is 744. The highest BCUT2D eigenvalue weighted by Crippen LogP contribution is 2.48. The van der Waals surface area contributed by atoms with Gasteiger partial charge in [0.1, 0.15) is 6.10 Å². The summed E-state index contributed by atoms with van der Waals surface area (Å²) in [6, 6.07) is 1.34. The van der Waals surface area contributed by atoms with Crippen molar-refractivity contribution in [1.29, 1.82) is 0 Å². The monoisotopic (exact) mass is 376 g/mol. The molecule has 0 fully saturated rings. The van der Waals surface area contributed by atoms with Gasteiger partial charge in [-0.1, -0.05) is 6.07 Å². The molecule has 0 radical (unpaired) electrons. The van der Waals surface area contributed by atoms with E-state index in [-0.39, 0.29) is 12.0 Å². The predicted molar refractivity (Wildman–Crippen MR) is 70.1 cm³/mol. The first-order chi connectivity index (χ1) is 10.8. The Morgan fingerprint density at radius 1 is 1.29 bits per heavy atom. The van der Waals surface area contributed by atoms with Gasteiger partial charge >= 0.3 is 5.51 Å². The molecule has 136 valence electrons. The maximum atomic E-state index is 13.8. The SMILES string of the molecule is O=S(=O)(c1ccc(CC(O)CO)c2c1C(O)C(F)(F)C2)C(F)(F)F. The van der Waals surface area contributed by atoms with Crippen molar-refractivity contribution in [2.24, 2.45) is 0 Å². The first kappa shape index (κ1) is 19.0. The van der Waals surface area contributed by atoms with Crippen molar-refractivity contribution in [1.82, 2.24) is 0 Å². The van der Waals surface area contributed by atoms with E-state index in [1.807, 2.05) is 0 Å². The van der Waals surface area contributed by atoms with Gasteiger partial charge < -0.3 is 15.3 Å². The Morgan fingerprint density at radius 2 is 1.88 bits per heavy atom. The minimum absolute atomic E-state index is 0.0658. The third kappa shape index (κ3) is 3.01. The molecular weight excluding hydrogens is 363 g/mol. The van der Waals surface area contributed by atoms with E-state index in [2.05, 4.69) is 0 Å². The number of halogens is 5. The second-order valence-electron chi connectivity index (χ2n) is 5.45. The number of fused-ring (bicyclic) bond motifs is 1. The largest absolute Gasteiger partial charge is 0.501 e. The Balaban J connectivity index is 2.69. The van der Waals surface area contributed by atoms with Crippen LogP contribution in [0.25, 0.3) is 0 Å². The van der Waals surface area contributed by atoms with Gasteiger partial charge in [0.2, 0.25) is 0 Å². The summed E-state index contributed by atoms with van der Waals surface area (Å²) in [5.74, 6) is -3.85. The summed E-state index contributed by atoms with van der Waals surface area (Å²) in [6.07, 6.45) is -5.64. The van der Waals surface area contributed by atoms with Gasteiger partial charge in [-0.15, -0.1) is 0 Å². The first-order valence-electron chi connectivity index (χ1n) is 6.63. The average Bonchev–Trinajstić information content (AvgIpc) is 2.69. The molecule has 2 unspecified atom stereocenters. The topological polar surface area (TPSA) is 94.8 Å². The zero-order chi connectivity index (χ0) is 18.5. The molecule has 2 rings (SSSR count). The molecule has 0 heterocycles. The lowest BCUT2D eigenvalue weighted by Crippen LogP contribution is -2.26. The third-order valence-corrected chi connectivity index (χ3v) is 5.31. The second-order valence-corrected chi connectivity index (χ2v) is 7.35. The maximum Gasteiger partial charge on any atom is 0.501 e. The smallest absolute Gasteiger partial charge is 0.394 e. The maximum absolute atomic E-state index is 13.8. The van der Waals surface area contributed by atoms with E-state index in [9.17, 15) is 40.6 Å². The molecule has 5 nitrogen and oxygen atoms in total. The lowest BCUT2D eigenvalue weighted by molar-refractivity contribution is -0.0978. The molecule has 1 aromatic rings. The first-order valence-corrected chi connectivity index (χ1v) is 8.12. The molecule has 2 atom stereocenters. The summed E-state index contributed by atoms with van der Waals surface area (Å²) in [5.41, 5.74) is -7.26. The van der Waals surface area contributed by atoms with E-state index >= 15 is 0 Å². The number of aliphatic hydroxyl groups is 3. The number of hydrogen-bond donors (Lipinski definition) is 3. The Hall–Kier alpha value is -1.30. The number of sulfone groups is 1. The molecule has 3 N–H and O–H groups in total. The van der Waals surface area contributed by atoms with Gasteiger partial charge in [-0.3, -0.25) is 0 Å².